The van der Waals surface area contributed by atoms with Gasteiger partial charge in [0.05, 0.1) is 6.54 Å². The number of aryl methyl sites for hydroxylation is 1. The van der Waals surface area contributed by atoms with Crippen LogP contribution in [0.15, 0.2) is 46.9 Å². The summed E-state index contributed by atoms with van der Waals surface area (Å²) in [6.45, 7) is 3.96. The van der Waals surface area contributed by atoms with Crippen LogP contribution in [-0.2, 0) is 6.54 Å². The fourth-order valence-electron chi connectivity index (χ4n) is 3.03. The predicted octanol–water partition coefficient (Wildman–Crippen LogP) is 5.98. The molecule has 1 heterocycles. The third-order valence-corrected chi connectivity index (χ3v) is 4.72. The van der Waals surface area contributed by atoms with Crippen LogP contribution in [0.5, 0.6) is 0 Å². The Kier molecular flexibility index (Phi) is 5.19. The highest BCUT2D eigenvalue weighted by Crippen LogP contribution is 2.36. The van der Waals surface area contributed by atoms with Gasteiger partial charge >= 0.3 is 0 Å². The first kappa shape index (κ1) is 17.3. The highest BCUT2D eigenvalue weighted by molar-refractivity contribution is 6.30. The summed E-state index contributed by atoms with van der Waals surface area (Å²) in [5, 5.41) is 5.47. The van der Waals surface area contributed by atoms with E-state index in [0.717, 1.165) is 40.9 Å². The van der Waals surface area contributed by atoms with E-state index in [9.17, 15) is 0 Å². The Labute approximate surface area is 153 Å². The van der Waals surface area contributed by atoms with Gasteiger partial charge in [-0.2, -0.15) is 0 Å². The molecule has 4 rings (SSSR count). The number of halogens is 2. The minimum absolute atomic E-state index is 0. The fourth-order valence-corrected chi connectivity index (χ4v) is 3.16. The van der Waals surface area contributed by atoms with Crippen molar-refractivity contribution in [3.63, 3.8) is 0 Å². The molecule has 0 radical (unpaired) electrons. The summed E-state index contributed by atoms with van der Waals surface area (Å²) < 4.78 is 6.15. The Morgan fingerprint density at radius 2 is 1.88 bits per heavy atom. The Morgan fingerprint density at radius 1 is 1.12 bits per heavy atom. The molecule has 3 aromatic rings. The van der Waals surface area contributed by atoms with Gasteiger partial charge in [-0.3, -0.25) is 0 Å². The van der Waals surface area contributed by atoms with Gasteiger partial charge in [0.1, 0.15) is 11.3 Å². The van der Waals surface area contributed by atoms with Crippen LogP contribution in [0.25, 0.3) is 22.1 Å². The molecule has 0 amide bonds. The summed E-state index contributed by atoms with van der Waals surface area (Å²) in [6.07, 6.45) is 2.72. The Bertz CT molecular complexity index is 835. The van der Waals surface area contributed by atoms with E-state index in [4.69, 9.17) is 16.0 Å². The smallest absolute Gasteiger partial charge is 0.135 e. The van der Waals surface area contributed by atoms with Crippen LogP contribution in [0.4, 0.5) is 0 Å². The first-order chi connectivity index (χ1) is 11.2. The van der Waals surface area contributed by atoms with Gasteiger partial charge in [-0.05, 0) is 62.1 Å². The molecule has 0 spiro atoms. The van der Waals surface area contributed by atoms with Gasteiger partial charge in [0.2, 0.25) is 0 Å². The normalized spacial score (nSPS) is 13.9. The maximum atomic E-state index is 6.15. The van der Waals surface area contributed by atoms with Crippen LogP contribution in [0.2, 0.25) is 5.02 Å². The summed E-state index contributed by atoms with van der Waals surface area (Å²) in [7, 11) is 0. The van der Waals surface area contributed by atoms with Crippen LogP contribution in [-0.4, -0.2) is 6.54 Å². The number of nitrogens with one attached hydrogen (secondary N) is 1. The number of rotatable bonds is 5. The zero-order chi connectivity index (χ0) is 15.8. The zero-order valence-corrected chi connectivity index (χ0v) is 15.2. The second-order valence-electron chi connectivity index (χ2n) is 6.48. The van der Waals surface area contributed by atoms with Crippen molar-refractivity contribution in [1.29, 1.82) is 0 Å². The maximum Gasteiger partial charge on any atom is 0.135 e. The van der Waals surface area contributed by atoms with Crippen LogP contribution in [0, 0.1) is 12.8 Å². The minimum Gasteiger partial charge on any atom is -0.459 e. The molecular formula is C20H21Cl2NO. The van der Waals surface area contributed by atoms with Crippen molar-refractivity contribution in [2.75, 3.05) is 6.54 Å². The molecule has 24 heavy (non-hydrogen) atoms. The number of benzene rings is 2. The molecule has 2 aromatic carbocycles. The monoisotopic (exact) mass is 361 g/mol. The quantitative estimate of drug-likeness (QED) is 0.604. The summed E-state index contributed by atoms with van der Waals surface area (Å²) in [6, 6.07) is 14.4. The van der Waals surface area contributed by atoms with E-state index in [1.54, 1.807) is 0 Å². The lowest BCUT2D eigenvalue weighted by atomic mass is 10.0. The summed E-state index contributed by atoms with van der Waals surface area (Å²) in [4.78, 5) is 0. The van der Waals surface area contributed by atoms with Crippen molar-refractivity contribution in [2.45, 2.75) is 26.3 Å². The van der Waals surface area contributed by atoms with Gasteiger partial charge in [-0.25, -0.2) is 0 Å². The average Bonchev–Trinajstić information content (AvgIpc) is 3.29. The van der Waals surface area contributed by atoms with Crippen molar-refractivity contribution in [3.05, 3.63) is 58.8 Å². The molecule has 1 aliphatic rings. The molecule has 0 bridgehead atoms. The standard InChI is InChI=1S/C20H20ClNO.ClH/c1-13-2-9-18-17(10-13)20(15-5-7-16(21)8-6-15)19(23-18)12-22-11-14-3-4-14;/h2,5-10,14,22H,3-4,11-12H2,1H3;1H. The van der Waals surface area contributed by atoms with Crippen molar-refractivity contribution in [2.24, 2.45) is 5.92 Å². The van der Waals surface area contributed by atoms with E-state index < -0.39 is 0 Å². The number of furan rings is 1. The minimum atomic E-state index is 0. The van der Waals surface area contributed by atoms with Gasteiger partial charge in [-0.1, -0.05) is 35.4 Å². The molecule has 1 fully saturated rings. The van der Waals surface area contributed by atoms with Crippen LogP contribution in [0.3, 0.4) is 0 Å². The van der Waals surface area contributed by atoms with Crippen LogP contribution < -0.4 is 5.32 Å². The first-order valence-electron chi connectivity index (χ1n) is 8.19. The molecule has 4 heteroatoms. The third-order valence-electron chi connectivity index (χ3n) is 4.46. The highest BCUT2D eigenvalue weighted by atomic mass is 35.5. The lowest BCUT2D eigenvalue weighted by Crippen LogP contribution is -2.16. The van der Waals surface area contributed by atoms with Gasteiger partial charge in [-0.15, -0.1) is 12.4 Å². The SMILES string of the molecule is Cc1ccc2oc(CNCC3CC3)c(-c3ccc(Cl)cc3)c2c1.Cl. The summed E-state index contributed by atoms with van der Waals surface area (Å²) in [5.74, 6) is 1.87. The molecule has 0 unspecified atom stereocenters. The number of hydrogen-bond acceptors (Lipinski definition) is 2. The number of hydrogen-bond donors (Lipinski definition) is 1. The second kappa shape index (κ2) is 7.18. The topological polar surface area (TPSA) is 25.2 Å². The highest BCUT2D eigenvalue weighted by Gasteiger charge is 2.21. The molecule has 1 aliphatic carbocycles. The molecule has 0 atom stereocenters. The van der Waals surface area contributed by atoms with Gasteiger partial charge in [0.25, 0.3) is 0 Å². The lowest BCUT2D eigenvalue weighted by Gasteiger charge is -2.06. The number of fused-ring (bicyclic) bond motifs is 1. The molecular weight excluding hydrogens is 341 g/mol. The molecule has 2 nitrogen and oxygen atoms in total. The molecule has 0 aliphatic heterocycles. The van der Waals surface area contributed by atoms with Gasteiger partial charge in [0.15, 0.2) is 0 Å². The van der Waals surface area contributed by atoms with Crippen molar-refractivity contribution < 1.29 is 4.42 Å². The van der Waals surface area contributed by atoms with E-state index in [1.807, 2.05) is 12.1 Å². The van der Waals surface area contributed by atoms with Crippen molar-refractivity contribution in [3.8, 4) is 11.1 Å². The maximum absolute atomic E-state index is 6.15. The Balaban J connectivity index is 0.00000169. The van der Waals surface area contributed by atoms with Crippen molar-refractivity contribution in [1.82, 2.24) is 5.32 Å². The van der Waals surface area contributed by atoms with E-state index in [2.05, 4.69) is 42.6 Å². The van der Waals surface area contributed by atoms with Crippen LogP contribution in [0.1, 0.15) is 24.2 Å². The van der Waals surface area contributed by atoms with E-state index in [0.29, 0.717) is 0 Å². The molecule has 1 saturated carbocycles. The van der Waals surface area contributed by atoms with E-state index in [1.165, 1.54) is 29.4 Å². The Hall–Kier alpha value is -1.48. The van der Waals surface area contributed by atoms with E-state index in [-0.39, 0.29) is 12.4 Å². The Morgan fingerprint density at radius 3 is 2.58 bits per heavy atom. The molecule has 126 valence electrons. The lowest BCUT2D eigenvalue weighted by molar-refractivity contribution is 0.508. The average molecular weight is 362 g/mol. The van der Waals surface area contributed by atoms with Gasteiger partial charge < -0.3 is 9.73 Å². The predicted molar refractivity (Wildman–Crippen MR) is 103 cm³/mol. The largest absolute Gasteiger partial charge is 0.459 e. The summed E-state index contributed by atoms with van der Waals surface area (Å²) in [5.41, 5.74) is 4.53. The fraction of sp³-hybridized carbons (Fsp3) is 0.300. The summed E-state index contributed by atoms with van der Waals surface area (Å²) >= 11 is 6.05. The molecule has 1 N–H and O–H groups in total. The molecule has 0 saturated heterocycles. The molecule has 1 aromatic heterocycles. The van der Waals surface area contributed by atoms with Crippen molar-refractivity contribution >= 4 is 35.0 Å². The zero-order valence-electron chi connectivity index (χ0n) is 13.6. The third kappa shape index (κ3) is 3.61. The van der Waals surface area contributed by atoms with Crippen LogP contribution >= 0.6 is 24.0 Å². The van der Waals surface area contributed by atoms with Gasteiger partial charge in [0, 0.05) is 16.0 Å². The second-order valence-corrected chi connectivity index (χ2v) is 6.92. The first-order valence-corrected chi connectivity index (χ1v) is 8.57. The van der Waals surface area contributed by atoms with E-state index >= 15 is 0 Å².